The molecule has 0 radical (unpaired) electrons. The molecule has 7 heteroatoms. The first-order chi connectivity index (χ1) is 7.92. The number of hydrogen-bond donors (Lipinski definition) is 3. The summed E-state index contributed by atoms with van der Waals surface area (Å²) < 4.78 is 25.8. The zero-order chi connectivity index (χ0) is 12.9. The second-order valence-electron chi connectivity index (χ2n) is 3.54. The smallest absolute Gasteiger partial charge is 0.240 e. The van der Waals surface area contributed by atoms with Crippen LogP contribution in [0.3, 0.4) is 0 Å². The van der Waals surface area contributed by atoms with Crippen LogP contribution in [-0.2, 0) is 14.8 Å². The summed E-state index contributed by atoms with van der Waals surface area (Å²) in [6, 6.07) is 5.87. The number of carbonyl (C=O) groups is 1. The molecule has 0 aromatic heterocycles. The summed E-state index contributed by atoms with van der Waals surface area (Å²) in [5.74, 6) is -0.448. The van der Waals surface area contributed by atoms with E-state index in [0.29, 0.717) is 12.1 Å². The number of carbonyl (C=O) groups excluding carboxylic acids is 1. The van der Waals surface area contributed by atoms with Crippen molar-refractivity contribution in [1.29, 1.82) is 0 Å². The van der Waals surface area contributed by atoms with Crippen LogP contribution in [0.4, 0.5) is 5.69 Å². The van der Waals surface area contributed by atoms with Gasteiger partial charge in [-0.1, -0.05) is 0 Å². The first-order valence-electron chi connectivity index (χ1n) is 5.05. The molecule has 17 heavy (non-hydrogen) atoms. The van der Waals surface area contributed by atoms with Crippen molar-refractivity contribution in [3.05, 3.63) is 24.3 Å². The van der Waals surface area contributed by atoms with Crippen molar-refractivity contribution in [3.8, 4) is 0 Å². The lowest BCUT2D eigenvalue weighted by atomic mass is 10.3. The van der Waals surface area contributed by atoms with Crippen LogP contribution in [0.1, 0.15) is 12.8 Å². The molecule has 0 aliphatic carbocycles. The monoisotopic (exact) mass is 257 g/mol. The lowest BCUT2D eigenvalue weighted by Crippen LogP contribution is -2.25. The normalized spacial score (nSPS) is 11.3. The van der Waals surface area contributed by atoms with Gasteiger partial charge in [0.25, 0.3) is 0 Å². The third kappa shape index (κ3) is 4.41. The molecule has 1 rings (SSSR count). The van der Waals surface area contributed by atoms with Crippen LogP contribution in [0, 0.1) is 0 Å². The molecular formula is C10H15N3O3S. The Bertz CT molecular complexity index is 482. The lowest BCUT2D eigenvalue weighted by Gasteiger charge is -2.06. The summed E-state index contributed by atoms with van der Waals surface area (Å²) in [4.78, 5) is 10.6. The molecule has 0 unspecified atom stereocenters. The number of nitrogens with one attached hydrogen (secondary N) is 1. The van der Waals surface area contributed by atoms with Crippen LogP contribution < -0.4 is 16.2 Å². The minimum Gasteiger partial charge on any atom is -0.399 e. The first-order valence-corrected chi connectivity index (χ1v) is 6.53. The molecule has 0 fully saturated rings. The largest absolute Gasteiger partial charge is 0.399 e. The number of primary amides is 1. The van der Waals surface area contributed by atoms with Crippen molar-refractivity contribution in [2.45, 2.75) is 17.7 Å². The summed E-state index contributed by atoms with van der Waals surface area (Å²) in [6.45, 7) is 0.176. The standard InChI is InChI=1S/C10H15N3O3S/c11-8-3-5-9(6-4-8)17(15,16)13-7-1-2-10(12)14/h3-6,13H,1-2,7,11H2,(H2,12,14). The third-order valence-electron chi connectivity index (χ3n) is 2.08. The zero-order valence-corrected chi connectivity index (χ0v) is 10.0. The Balaban J connectivity index is 2.57. The predicted molar refractivity (Wildman–Crippen MR) is 64.5 cm³/mol. The van der Waals surface area contributed by atoms with Crippen LogP contribution in [0.25, 0.3) is 0 Å². The van der Waals surface area contributed by atoms with Gasteiger partial charge in [-0.05, 0) is 30.7 Å². The van der Waals surface area contributed by atoms with Gasteiger partial charge in [-0.2, -0.15) is 0 Å². The van der Waals surface area contributed by atoms with Crippen LogP contribution in [0.5, 0.6) is 0 Å². The van der Waals surface area contributed by atoms with Gasteiger partial charge in [0, 0.05) is 18.7 Å². The highest BCUT2D eigenvalue weighted by Crippen LogP contribution is 2.11. The van der Waals surface area contributed by atoms with Crippen molar-refractivity contribution in [3.63, 3.8) is 0 Å². The Hall–Kier alpha value is -1.60. The van der Waals surface area contributed by atoms with E-state index in [1.54, 1.807) is 0 Å². The van der Waals surface area contributed by atoms with E-state index in [1.165, 1.54) is 24.3 Å². The molecule has 0 heterocycles. The molecule has 0 spiro atoms. The first kappa shape index (κ1) is 13.5. The molecule has 1 amide bonds. The van der Waals surface area contributed by atoms with E-state index in [-0.39, 0.29) is 17.9 Å². The van der Waals surface area contributed by atoms with Crippen molar-refractivity contribution < 1.29 is 13.2 Å². The Morgan fingerprint density at radius 3 is 2.35 bits per heavy atom. The highest BCUT2D eigenvalue weighted by molar-refractivity contribution is 7.89. The van der Waals surface area contributed by atoms with Crippen molar-refractivity contribution in [2.24, 2.45) is 5.73 Å². The summed E-state index contributed by atoms with van der Waals surface area (Å²) in [5.41, 5.74) is 10.9. The molecule has 0 saturated carbocycles. The molecule has 0 aliphatic rings. The number of nitrogens with two attached hydrogens (primary N) is 2. The van der Waals surface area contributed by atoms with E-state index in [2.05, 4.69) is 4.72 Å². The zero-order valence-electron chi connectivity index (χ0n) is 9.22. The number of benzene rings is 1. The van der Waals surface area contributed by atoms with Crippen molar-refractivity contribution in [1.82, 2.24) is 4.72 Å². The Kier molecular flexibility index (Phi) is 4.47. The topological polar surface area (TPSA) is 115 Å². The van der Waals surface area contributed by atoms with E-state index in [0.717, 1.165) is 0 Å². The van der Waals surface area contributed by atoms with Crippen LogP contribution in [-0.4, -0.2) is 20.9 Å². The fraction of sp³-hybridized carbons (Fsp3) is 0.300. The maximum Gasteiger partial charge on any atom is 0.240 e. The molecule has 0 aliphatic heterocycles. The molecule has 1 aromatic rings. The molecular weight excluding hydrogens is 242 g/mol. The summed E-state index contributed by atoms with van der Waals surface area (Å²) in [5, 5.41) is 0. The maximum absolute atomic E-state index is 11.7. The van der Waals surface area contributed by atoms with Gasteiger partial charge in [0.1, 0.15) is 0 Å². The Morgan fingerprint density at radius 2 is 1.82 bits per heavy atom. The summed E-state index contributed by atoms with van der Waals surface area (Å²) in [6.07, 6.45) is 0.536. The molecule has 6 nitrogen and oxygen atoms in total. The van der Waals surface area contributed by atoms with Gasteiger partial charge in [0.05, 0.1) is 4.90 Å². The highest BCUT2D eigenvalue weighted by Gasteiger charge is 2.12. The van der Waals surface area contributed by atoms with Crippen LogP contribution in [0.15, 0.2) is 29.2 Å². The highest BCUT2D eigenvalue weighted by atomic mass is 32.2. The van der Waals surface area contributed by atoms with Gasteiger partial charge in [-0.15, -0.1) is 0 Å². The summed E-state index contributed by atoms with van der Waals surface area (Å²) >= 11 is 0. The minimum absolute atomic E-state index is 0.144. The fourth-order valence-electron chi connectivity index (χ4n) is 1.20. The molecule has 94 valence electrons. The number of amides is 1. The SMILES string of the molecule is NC(=O)CCCNS(=O)(=O)c1ccc(N)cc1. The number of anilines is 1. The van der Waals surface area contributed by atoms with E-state index in [4.69, 9.17) is 11.5 Å². The molecule has 1 aromatic carbocycles. The van der Waals surface area contributed by atoms with E-state index < -0.39 is 15.9 Å². The molecule has 0 saturated heterocycles. The van der Waals surface area contributed by atoms with Gasteiger partial charge >= 0.3 is 0 Å². The van der Waals surface area contributed by atoms with Crippen LogP contribution in [0.2, 0.25) is 0 Å². The number of nitrogen functional groups attached to an aromatic ring is 1. The van der Waals surface area contributed by atoms with Crippen molar-refractivity contribution in [2.75, 3.05) is 12.3 Å². The predicted octanol–water partition coefficient (Wildman–Crippen LogP) is -0.187. The average molecular weight is 257 g/mol. The second kappa shape index (κ2) is 5.65. The number of rotatable bonds is 6. The van der Waals surface area contributed by atoms with Gasteiger partial charge in [0.2, 0.25) is 15.9 Å². The quantitative estimate of drug-likeness (QED) is 0.484. The van der Waals surface area contributed by atoms with E-state index in [9.17, 15) is 13.2 Å². The second-order valence-corrected chi connectivity index (χ2v) is 5.30. The molecule has 0 bridgehead atoms. The van der Waals surface area contributed by atoms with E-state index >= 15 is 0 Å². The Labute approximate surface area is 100 Å². The van der Waals surface area contributed by atoms with Crippen LogP contribution >= 0.6 is 0 Å². The molecule has 5 N–H and O–H groups in total. The lowest BCUT2D eigenvalue weighted by molar-refractivity contribution is -0.118. The van der Waals surface area contributed by atoms with Gasteiger partial charge in [-0.25, -0.2) is 13.1 Å². The Morgan fingerprint density at radius 1 is 1.24 bits per heavy atom. The summed E-state index contributed by atoms with van der Waals surface area (Å²) in [7, 11) is -3.53. The van der Waals surface area contributed by atoms with Crippen molar-refractivity contribution >= 4 is 21.6 Å². The third-order valence-corrected chi connectivity index (χ3v) is 3.56. The number of sulfonamides is 1. The fourth-order valence-corrected chi connectivity index (χ4v) is 2.27. The average Bonchev–Trinajstić information content (AvgIpc) is 2.25. The van der Waals surface area contributed by atoms with Gasteiger partial charge in [-0.3, -0.25) is 4.79 Å². The van der Waals surface area contributed by atoms with Gasteiger partial charge < -0.3 is 11.5 Å². The van der Waals surface area contributed by atoms with Gasteiger partial charge in [0.15, 0.2) is 0 Å². The van der Waals surface area contributed by atoms with E-state index in [1.807, 2.05) is 0 Å². The maximum atomic E-state index is 11.7. The minimum atomic E-state index is -3.53. The number of hydrogen-bond acceptors (Lipinski definition) is 4. The molecule has 0 atom stereocenters.